The van der Waals surface area contributed by atoms with Crippen molar-refractivity contribution in [1.29, 1.82) is 0 Å². The van der Waals surface area contributed by atoms with Gasteiger partial charge in [-0.05, 0) is 25.1 Å². The maximum Gasteiger partial charge on any atom is 0.314 e. The molecule has 1 aromatic carbocycles. The van der Waals surface area contributed by atoms with Crippen LogP contribution in [-0.2, 0) is 0 Å². The molecule has 0 spiro atoms. The Kier molecular flexibility index (Phi) is 4.90. The van der Waals surface area contributed by atoms with Gasteiger partial charge in [0.2, 0.25) is 0 Å². The van der Waals surface area contributed by atoms with Crippen LogP contribution < -0.4 is 10.5 Å². The Morgan fingerprint density at radius 2 is 1.94 bits per heavy atom. The quantitative estimate of drug-likeness (QED) is 0.920. The molecule has 1 aromatic rings. The van der Waals surface area contributed by atoms with Crippen LogP contribution in [0.25, 0.3) is 0 Å². The second-order valence-electron chi connectivity index (χ2n) is 3.71. The fraction of sp³-hybridized carbons (Fsp3) is 0.364. The van der Waals surface area contributed by atoms with Gasteiger partial charge in [-0.1, -0.05) is 23.2 Å². The van der Waals surface area contributed by atoms with Crippen molar-refractivity contribution in [2.75, 3.05) is 13.7 Å². The van der Waals surface area contributed by atoms with E-state index in [0.717, 1.165) is 0 Å². The summed E-state index contributed by atoms with van der Waals surface area (Å²) in [6.07, 6.45) is 0. The van der Waals surface area contributed by atoms with Crippen LogP contribution in [0.5, 0.6) is 5.75 Å². The minimum absolute atomic E-state index is 0.134. The van der Waals surface area contributed by atoms with Gasteiger partial charge < -0.3 is 15.4 Å². The Morgan fingerprint density at radius 1 is 1.41 bits per heavy atom. The van der Waals surface area contributed by atoms with Crippen molar-refractivity contribution >= 4 is 29.2 Å². The molecule has 0 fully saturated rings. The van der Waals surface area contributed by atoms with Gasteiger partial charge in [0.25, 0.3) is 0 Å². The molecular weight excluding hydrogens is 263 g/mol. The number of carbonyl (C=O) groups is 1. The number of hydrogen-bond donors (Lipinski definition) is 1. The lowest BCUT2D eigenvalue weighted by molar-refractivity contribution is 0.173. The van der Waals surface area contributed by atoms with E-state index in [0.29, 0.717) is 22.4 Å². The number of rotatable bonds is 4. The zero-order valence-corrected chi connectivity index (χ0v) is 11.1. The van der Waals surface area contributed by atoms with Crippen molar-refractivity contribution < 1.29 is 9.53 Å². The van der Waals surface area contributed by atoms with E-state index in [2.05, 4.69) is 0 Å². The highest BCUT2D eigenvalue weighted by Gasteiger charge is 2.13. The van der Waals surface area contributed by atoms with E-state index < -0.39 is 6.03 Å². The Hall–Kier alpha value is -1.13. The summed E-state index contributed by atoms with van der Waals surface area (Å²) in [5.74, 6) is 0.562. The third-order valence-corrected chi connectivity index (χ3v) is 2.77. The maximum atomic E-state index is 10.9. The van der Waals surface area contributed by atoms with E-state index in [1.807, 2.05) is 6.92 Å². The molecule has 4 nitrogen and oxygen atoms in total. The Labute approximate surface area is 110 Å². The van der Waals surface area contributed by atoms with Crippen LogP contribution >= 0.6 is 23.2 Å². The normalized spacial score (nSPS) is 12.0. The summed E-state index contributed by atoms with van der Waals surface area (Å²) < 4.78 is 5.48. The first-order valence-corrected chi connectivity index (χ1v) is 5.77. The number of amides is 2. The molecule has 0 saturated carbocycles. The molecule has 0 radical (unpaired) electrons. The van der Waals surface area contributed by atoms with E-state index in [9.17, 15) is 4.79 Å². The van der Waals surface area contributed by atoms with Crippen molar-refractivity contribution in [3.8, 4) is 5.75 Å². The third-order valence-electron chi connectivity index (χ3n) is 2.34. The van der Waals surface area contributed by atoms with Gasteiger partial charge in [0.1, 0.15) is 12.4 Å². The van der Waals surface area contributed by atoms with Crippen molar-refractivity contribution in [3.63, 3.8) is 0 Å². The van der Waals surface area contributed by atoms with E-state index >= 15 is 0 Å². The van der Waals surface area contributed by atoms with Crippen molar-refractivity contribution in [3.05, 3.63) is 28.2 Å². The maximum absolute atomic E-state index is 10.9. The van der Waals surface area contributed by atoms with E-state index in [1.54, 1.807) is 25.2 Å². The topological polar surface area (TPSA) is 55.6 Å². The number of benzene rings is 1. The van der Waals surface area contributed by atoms with Crippen molar-refractivity contribution in [1.82, 2.24) is 4.90 Å². The smallest absolute Gasteiger partial charge is 0.314 e. The second-order valence-corrected chi connectivity index (χ2v) is 4.59. The van der Waals surface area contributed by atoms with Crippen LogP contribution in [0, 0.1) is 0 Å². The SMILES string of the molecule is CC(COc1cc(Cl)cc(Cl)c1)N(C)C(N)=O. The highest BCUT2D eigenvalue weighted by atomic mass is 35.5. The summed E-state index contributed by atoms with van der Waals surface area (Å²) in [5, 5.41) is 1.01. The van der Waals surface area contributed by atoms with Crippen LogP contribution in [0.1, 0.15) is 6.92 Å². The highest BCUT2D eigenvalue weighted by molar-refractivity contribution is 6.34. The standard InChI is InChI=1S/C11H14Cl2N2O2/c1-7(15(2)11(14)16)6-17-10-4-8(12)3-9(13)5-10/h3-5,7H,6H2,1-2H3,(H2,14,16). The van der Waals surface area contributed by atoms with Gasteiger partial charge in [-0.3, -0.25) is 0 Å². The van der Waals surface area contributed by atoms with E-state index in [4.69, 9.17) is 33.7 Å². The van der Waals surface area contributed by atoms with Gasteiger partial charge in [0.15, 0.2) is 0 Å². The van der Waals surface area contributed by atoms with Crippen molar-refractivity contribution in [2.24, 2.45) is 5.73 Å². The predicted molar refractivity (Wildman–Crippen MR) is 68.8 cm³/mol. The number of hydrogen-bond acceptors (Lipinski definition) is 2. The number of carbonyl (C=O) groups excluding carboxylic acids is 1. The van der Waals surface area contributed by atoms with Gasteiger partial charge in [-0.2, -0.15) is 0 Å². The Balaban J connectivity index is 2.58. The molecule has 0 aliphatic carbocycles. The molecule has 0 aromatic heterocycles. The molecule has 0 saturated heterocycles. The lowest BCUT2D eigenvalue weighted by Gasteiger charge is -2.23. The lowest BCUT2D eigenvalue weighted by Crippen LogP contribution is -2.41. The fourth-order valence-corrected chi connectivity index (χ4v) is 1.66. The summed E-state index contributed by atoms with van der Waals surface area (Å²) in [5.41, 5.74) is 5.14. The Morgan fingerprint density at radius 3 is 2.41 bits per heavy atom. The zero-order chi connectivity index (χ0) is 13.0. The molecule has 1 rings (SSSR count). The van der Waals surface area contributed by atoms with Crippen LogP contribution in [0.15, 0.2) is 18.2 Å². The number of halogens is 2. The molecule has 94 valence electrons. The second kappa shape index (κ2) is 5.98. The largest absolute Gasteiger partial charge is 0.491 e. The third kappa shape index (κ3) is 4.32. The van der Waals surface area contributed by atoms with Crippen LogP contribution in [0.3, 0.4) is 0 Å². The van der Waals surface area contributed by atoms with Crippen LogP contribution in [0.2, 0.25) is 10.0 Å². The molecule has 0 heterocycles. The number of ether oxygens (including phenoxy) is 1. The predicted octanol–water partition coefficient (Wildman–Crippen LogP) is 2.77. The molecule has 2 N–H and O–H groups in total. The molecule has 1 atom stereocenters. The number of nitrogens with two attached hydrogens (primary N) is 1. The van der Waals surface area contributed by atoms with Gasteiger partial charge in [-0.15, -0.1) is 0 Å². The first-order valence-electron chi connectivity index (χ1n) is 5.01. The summed E-state index contributed by atoms with van der Waals surface area (Å²) in [6.45, 7) is 2.15. The minimum Gasteiger partial charge on any atom is -0.491 e. The summed E-state index contributed by atoms with van der Waals surface area (Å²) in [6, 6.07) is 4.31. The summed E-state index contributed by atoms with van der Waals surface area (Å²) in [7, 11) is 1.61. The molecule has 1 unspecified atom stereocenters. The molecule has 0 bridgehead atoms. The number of urea groups is 1. The molecular formula is C11H14Cl2N2O2. The molecule has 0 aliphatic rings. The molecule has 2 amide bonds. The summed E-state index contributed by atoms with van der Waals surface area (Å²) in [4.78, 5) is 12.3. The number of primary amides is 1. The molecule has 6 heteroatoms. The fourth-order valence-electron chi connectivity index (χ4n) is 1.16. The lowest BCUT2D eigenvalue weighted by atomic mass is 10.3. The first-order chi connectivity index (χ1) is 7.90. The average Bonchev–Trinajstić information content (AvgIpc) is 2.23. The van der Waals surface area contributed by atoms with Gasteiger partial charge in [0.05, 0.1) is 6.04 Å². The van der Waals surface area contributed by atoms with Gasteiger partial charge >= 0.3 is 6.03 Å². The van der Waals surface area contributed by atoms with E-state index in [1.165, 1.54) is 4.90 Å². The van der Waals surface area contributed by atoms with Crippen molar-refractivity contribution in [2.45, 2.75) is 13.0 Å². The van der Waals surface area contributed by atoms with E-state index in [-0.39, 0.29) is 6.04 Å². The average molecular weight is 277 g/mol. The number of likely N-dealkylation sites (N-methyl/N-ethyl adjacent to an activating group) is 1. The first kappa shape index (κ1) is 13.9. The monoisotopic (exact) mass is 276 g/mol. The zero-order valence-electron chi connectivity index (χ0n) is 9.61. The molecule has 17 heavy (non-hydrogen) atoms. The summed E-state index contributed by atoms with van der Waals surface area (Å²) >= 11 is 11.7. The van der Waals surface area contributed by atoms with Gasteiger partial charge in [0, 0.05) is 17.1 Å². The van der Waals surface area contributed by atoms with Crippen LogP contribution in [-0.4, -0.2) is 30.6 Å². The Bertz CT molecular complexity index is 392. The number of nitrogens with zero attached hydrogens (tertiary/aromatic N) is 1. The van der Waals surface area contributed by atoms with Gasteiger partial charge in [-0.25, -0.2) is 4.79 Å². The molecule has 0 aliphatic heterocycles. The van der Waals surface area contributed by atoms with Crippen LogP contribution in [0.4, 0.5) is 4.79 Å². The minimum atomic E-state index is -0.495. The highest BCUT2D eigenvalue weighted by Crippen LogP contribution is 2.24.